The second kappa shape index (κ2) is 4.61. The molecule has 2 rings (SSSR count). The van der Waals surface area contributed by atoms with E-state index in [4.69, 9.17) is 4.74 Å². The quantitative estimate of drug-likeness (QED) is 0.764. The molecule has 0 aliphatic heterocycles. The maximum absolute atomic E-state index is 5.39. The Bertz CT molecular complexity index is 494. The number of methoxy groups -OCH3 is 1. The van der Waals surface area contributed by atoms with Crippen LogP contribution in [0.15, 0.2) is 35.7 Å². The van der Waals surface area contributed by atoms with E-state index in [0.717, 1.165) is 16.6 Å². The zero-order chi connectivity index (χ0) is 11.5. The number of benzene rings is 1. The van der Waals surface area contributed by atoms with Gasteiger partial charge in [-0.05, 0) is 30.9 Å². The van der Waals surface area contributed by atoms with Crippen molar-refractivity contribution < 1.29 is 4.74 Å². The molecule has 3 nitrogen and oxygen atoms in total. The topological polar surface area (TPSA) is 27.1 Å². The molecule has 4 heteroatoms. The Morgan fingerprint density at radius 3 is 2.88 bits per heavy atom. The highest BCUT2D eigenvalue weighted by Gasteiger charge is 2.09. The predicted molar refractivity (Wildman–Crippen MR) is 66.6 cm³/mol. The fourth-order valence-electron chi connectivity index (χ4n) is 1.61. The average molecular weight is 234 g/mol. The third kappa shape index (κ3) is 1.93. The number of hydrogen-bond acceptors (Lipinski definition) is 3. The van der Waals surface area contributed by atoms with Gasteiger partial charge in [-0.25, -0.2) is 4.98 Å². The van der Waals surface area contributed by atoms with E-state index in [0.29, 0.717) is 0 Å². The van der Waals surface area contributed by atoms with Crippen LogP contribution in [0.5, 0.6) is 5.75 Å². The monoisotopic (exact) mass is 234 g/mol. The van der Waals surface area contributed by atoms with Crippen molar-refractivity contribution in [1.29, 1.82) is 0 Å². The third-order valence-electron chi connectivity index (χ3n) is 2.38. The number of rotatable bonds is 3. The lowest BCUT2D eigenvalue weighted by Gasteiger charge is -2.11. The first kappa shape index (κ1) is 11.1. The predicted octanol–water partition coefficient (Wildman–Crippen LogP) is 2.91. The number of aryl methyl sites for hydroxylation is 1. The second-order valence-electron chi connectivity index (χ2n) is 3.46. The summed E-state index contributed by atoms with van der Waals surface area (Å²) in [5, 5.41) is 0.960. The molecule has 0 aliphatic rings. The molecule has 0 aliphatic carbocycles. The van der Waals surface area contributed by atoms with Crippen LogP contribution >= 0.6 is 11.8 Å². The van der Waals surface area contributed by atoms with Gasteiger partial charge >= 0.3 is 0 Å². The smallest absolute Gasteiger partial charge is 0.172 e. The largest absolute Gasteiger partial charge is 0.495 e. The second-order valence-corrected chi connectivity index (χ2v) is 4.23. The maximum atomic E-state index is 5.39. The van der Waals surface area contributed by atoms with Gasteiger partial charge in [-0.15, -0.1) is 0 Å². The number of imidazole rings is 1. The summed E-state index contributed by atoms with van der Waals surface area (Å²) in [6.45, 7) is 2.05. The lowest BCUT2D eigenvalue weighted by molar-refractivity contribution is 0.412. The third-order valence-corrected chi connectivity index (χ3v) is 3.05. The number of ether oxygens (including phenoxy) is 1. The van der Waals surface area contributed by atoms with E-state index in [-0.39, 0.29) is 0 Å². The summed E-state index contributed by atoms with van der Waals surface area (Å²) in [7, 11) is 1.69. The molecule has 0 saturated carbocycles. The molecule has 0 unspecified atom stereocenters. The van der Waals surface area contributed by atoms with Crippen molar-refractivity contribution in [2.75, 3.05) is 13.4 Å². The van der Waals surface area contributed by atoms with Crippen molar-refractivity contribution in [3.8, 4) is 11.4 Å². The van der Waals surface area contributed by atoms with Crippen molar-refractivity contribution in [2.45, 2.75) is 12.1 Å². The number of thioether (sulfide) groups is 1. The first-order chi connectivity index (χ1) is 7.76. The SMILES string of the molecule is COc1cc(C)ccc1-n1ccnc1SC. The number of aromatic nitrogens is 2. The lowest BCUT2D eigenvalue weighted by Crippen LogP contribution is -1.98. The highest BCUT2D eigenvalue weighted by atomic mass is 32.2. The van der Waals surface area contributed by atoms with Crippen LogP contribution in [-0.2, 0) is 0 Å². The fourth-order valence-corrected chi connectivity index (χ4v) is 2.13. The Kier molecular flexibility index (Phi) is 3.19. The number of nitrogens with zero attached hydrogens (tertiary/aromatic N) is 2. The molecule has 0 saturated heterocycles. The molecule has 84 valence electrons. The van der Waals surface area contributed by atoms with E-state index >= 15 is 0 Å². The standard InChI is InChI=1S/C12H14N2OS/c1-9-4-5-10(11(8-9)15-2)14-7-6-13-12(14)16-3/h4-8H,1-3H3. The van der Waals surface area contributed by atoms with Crippen LogP contribution in [0, 0.1) is 6.92 Å². The molecule has 0 atom stereocenters. The Morgan fingerprint density at radius 1 is 1.38 bits per heavy atom. The van der Waals surface area contributed by atoms with Gasteiger partial charge < -0.3 is 4.74 Å². The molecular formula is C12H14N2OS. The molecule has 1 aromatic carbocycles. The maximum Gasteiger partial charge on any atom is 0.172 e. The van der Waals surface area contributed by atoms with Gasteiger partial charge in [0.2, 0.25) is 0 Å². The van der Waals surface area contributed by atoms with Gasteiger partial charge in [0, 0.05) is 12.4 Å². The summed E-state index contributed by atoms with van der Waals surface area (Å²) in [6, 6.07) is 6.15. The van der Waals surface area contributed by atoms with Gasteiger partial charge in [-0.2, -0.15) is 0 Å². The van der Waals surface area contributed by atoms with E-state index in [2.05, 4.69) is 24.0 Å². The molecule has 0 spiro atoms. The van der Waals surface area contributed by atoms with Crippen LogP contribution < -0.4 is 4.74 Å². The molecule has 0 fully saturated rings. The minimum absolute atomic E-state index is 0.869. The van der Waals surface area contributed by atoms with Crippen molar-refractivity contribution >= 4 is 11.8 Å². The molecule has 0 amide bonds. The number of hydrogen-bond donors (Lipinski definition) is 0. The van der Waals surface area contributed by atoms with Gasteiger partial charge in [-0.3, -0.25) is 4.57 Å². The van der Waals surface area contributed by atoms with E-state index in [9.17, 15) is 0 Å². The first-order valence-corrected chi connectivity index (χ1v) is 6.21. The molecule has 0 radical (unpaired) electrons. The van der Waals surface area contributed by atoms with Crippen LogP contribution in [0.25, 0.3) is 5.69 Å². The summed E-state index contributed by atoms with van der Waals surface area (Å²) in [6.07, 6.45) is 5.75. The zero-order valence-electron chi connectivity index (χ0n) is 9.60. The fraction of sp³-hybridized carbons (Fsp3) is 0.250. The van der Waals surface area contributed by atoms with Gasteiger partial charge in [-0.1, -0.05) is 17.8 Å². The Labute approximate surface area is 99.5 Å². The Hall–Kier alpha value is -1.42. The minimum atomic E-state index is 0.869. The zero-order valence-corrected chi connectivity index (χ0v) is 10.4. The Balaban J connectivity index is 2.55. The average Bonchev–Trinajstić information content (AvgIpc) is 2.76. The van der Waals surface area contributed by atoms with Gasteiger partial charge in [0.15, 0.2) is 5.16 Å². The lowest BCUT2D eigenvalue weighted by atomic mass is 10.2. The Morgan fingerprint density at radius 2 is 2.19 bits per heavy atom. The molecule has 1 heterocycles. The molecule has 1 aromatic heterocycles. The summed E-state index contributed by atoms with van der Waals surface area (Å²) in [5.41, 5.74) is 2.21. The molecule has 16 heavy (non-hydrogen) atoms. The summed E-state index contributed by atoms with van der Waals surface area (Å²) >= 11 is 1.62. The van der Waals surface area contributed by atoms with Crippen molar-refractivity contribution in [3.05, 3.63) is 36.2 Å². The van der Waals surface area contributed by atoms with Crippen LogP contribution in [0.1, 0.15) is 5.56 Å². The van der Waals surface area contributed by atoms with Crippen LogP contribution in [0.2, 0.25) is 0 Å². The normalized spacial score (nSPS) is 10.4. The molecule has 0 bridgehead atoms. The highest BCUT2D eigenvalue weighted by Crippen LogP contribution is 2.27. The van der Waals surface area contributed by atoms with E-state index in [1.165, 1.54) is 5.56 Å². The van der Waals surface area contributed by atoms with Crippen LogP contribution in [0.3, 0.4) is 0 Å². The van der Waals surface area contributed by atoms with Crippen molar-refractivity contribution in [2.24, 2.45) is 0 Å². The summed E-state index contributed by atoms with van der Waals surface area (Å²) in [5.74, 6) is 0.869. The summed E-state index contributed by atoms with van der Waals surface area (Å²) in [4.78, 5) is 4.28. The van der Waals surface area contributed by atoms with Gasteiger partial charge in [0.25, 0.3) is 0 Å². The van der Waals surface area contributed by atoms with Crippen LogP contribution in [-0.4, -0.2) is 22.9 Å². The highest BCUT2D eigenvalue weighted by molar-refractivity contribution is 7.98. The van der Waals surface area contributed by atoms with Crippen molar-refractivity contribution in [3.63, 3.8) is 0 Å². The van der Waals surface area contributed by atoms with Gasteiger partial charge in [0.1, 0.15) is 5.75 Å². The molecule has 0 N–H and O–H groups in total. The first-order valence-electron chi connectivity index (χ1n) is 4.98. The van der Waals surface area contributed by atoms with Gasteiger partial charge in [0.05, 0.1) is 12.8 Å². The summed E-state index contributed by atoms with van der Waals surface area (Å²) < 4.78 is 7.42. The van der Waals surface area contributed by atoms with E-state index in [1.807, 2.05) is 23.1 Å². The van der Waals surface area contributed by atoms with Crippen LogP contribution in [0.4, 0.5) is 0 Å². The molecular weight excluding hydrogens is 220 g/mol. The van der Waals surface area contributed by atoms with Crippen molar-refractivity contribution in [1.82, 2.24) is 9.55 Å². The van der Waals surface area contributed by atoms with E-state index in [1.54, 1.807) is 25.1 Å². The molecule has 2 aromatic rings. The minimum Gasteiger partial charge on any atom is -0.495 e. The van der Waals surface area contributed by atoms with E-state index < -0.39 is 0 Å².